The van der Waals surface area contributed by atoms with Gasteiger partial charge in [0.25, 0.3) is 0 Å². The molecule has 0 saturated carbocycles. The summed E-state index contributed by atoms with van der Waals surface area (Å²) in [6.45, 7) is 7.77. The Kier molecular flexibility index (Phi) is 2.47. The molecule has 2 aromatic rings. The third kappa shape index (κ3) is 1.72. The van der Waals surface area contributed by atoms with Crippen molar-refractivity contribution in [2.75, 3.05) is 13.2 Å². The second-order valence-electron chi connectivity index (χ2n) is 5.34. The van der Waals surface area contributed by atoms with Crippen LogP contribution in [-0.4, -0.2) is 23.2 Å². The molecule has 0 atom stereocenters. The Bertz CT molecular complexity index is 544. The first-order valence-electron chi connectivity index (χ1n) is 6.40. The quantitative estimate of drug-likeness (QED) is 0.886. The Balaban J connectivity index is 2.12. The van der Waals surface area contributed by atoms with E-state index in [1.165, 1.54) is 0 Å². The molecule has 0 aliphatic carbocycles. The van der Waals surface area contributed by atoms with Crippen LogP contribution in [0.2, 0.25) is 0 Å². The van der Waals surface area contributed by atoms with Gasteiger partial charge in [0.15, 0.2) is 11.5 Å². The fourth-order valence-electron chi connectivity index (χ4n) is 2.03. The minimum Gasteiger partial charge on any atom is -0.486 e. The first kappa shape index (κ1) is 11.4. The molecule has 3 rings (SSSR count). The average Bonchev–Trinajstić information content (AvgIpc) is 2.79. The lowest BCUT2D eigenvalue weighted by Gasteiger charge is -2.18. The molecule has 18 heavy (non-hydrogen) atoms. The Morgan fingerprint density at radius 3 is 2.56 bits per heavy atom. The summed E-state index contributed by atoms with van der Waals surface area (Å²) in [5.41, 5.74) is 2.01. The van der Waals surface area contributed by atoms with Crippen LogP contribution in [0, 0.1) is 0 Å². The Labute approximate surface area is 106 Å². The van der Waals surface area contributed by atoms with E-state index in [1.807, 2.05) is 12.1 Å². The highest BCUT2D eigenvalue weighted by atomic mass is 16.6. The molecule has 0 fully saturated rings. The molecule has 1 aliphatic rings. The number of fused-ring (bicyclic) bond motifs is 2. The van der Waals surface area contributed by atoms with Gasteiger partial charge in [0, 0.05) is 17.5 Å². The summed E-state index contributed by atoms with van der Waals surface area (Å²) in [5, 5.41) is 0. The molecule has 4 heteroatoms. The number of aromatic amines is 1. The fraction of sp³-hybridized carbons (Fsp3) is 0.500. The third-order valence-electron chi connectivity index (χ3n) is 3.67. The normalized spacial score (nSPS) is 15.1. The van der Waals surface area contributed by atoms with Crippen molar-refractivity contribution < 1.29 is 9.47 Å². The van der Waals surface area contributed by atoms with Crippen LogP contribution in [0.3, 0.4) is 0 Å². The molecule has 2 heterocycles. The van der Waals surface area contributed by atoms with Gasteiger partial charge >= 0.3 is 0 Å². The maximum absolute atomic E-state index is 5.58. The lowest BCUT2D eigenvalue weighted by Crippen LogP contribution is -2.17. The maximum atomic E-state index is 5.58. The summed E-state index contributed by atoms with van der Waals surface area (Å²) >= 11 is 0. The minimum atomic E-state index is 0.0568. The van der Waals surface area contributed by atoms with Gasteiger partial charge in [0.05, 0.1) is 11.0 Å². The van der Waals surface area contributed by atoms with Gasteiger partial charge in [-0.1, -0.05) is 20.8 Å². The zero-order valence-corrected chi connectivity index (χ0v) is 11.0. The van der Waals surface area contributed by atoms with Crippen molar-refractivity contribution in [3.8, 4) is 11.5 Å². The van der Waals surface area contributed by atoms with Gasteiger partial charge in [0.2, 0.25) is 0 Å². The van der Waals surface area contributed by atoms with Crippen molar-refractivity contribution in [2.24, 2.45) is 0 Å². The van der Waals surface area contributed by atoms with Crippen LogP contribution < -0.4 is 9.47 Å². The van der Waals surface area contributed by atoms with Crippen molar-refractivity contribution in [3.05, 3.63) is 18.0 Å². The lowest BCUT2D eigenvalue weighted by atomic mass is 9.90. The fourth-order valence-corrected chi connectivity index (χ4v) is 2.03. The molecular weight excluding hydrogens is 228 g/mol. The van der Waals surface area contributed by atoms with E-state index in [9.17, 15) is 0 Å². The highest BCUT2D eigenvalue weighted by molar-refractivity contribution is 5.80. The number of aromatic nitrogens is 2. The van der Waals surface area contributed by atoms with Gasteiger partial charge in [-0.15, -0.1) is 0 Å². The Morgan fingerprint density at radius 1 is 1.22 bits per heavy atom. The smallest absolute Gasteiger partial charge is 0.163 e. The number of nitrogens with zero attached hydrogens (tertiary/aromatic N) is 1. The number of rotatable bonds is 2. The molecule has 0 bridgehead atoms. The van der Waals surface area contributed by atoms with Crippen molar-refractivity contribution in [1.29, 1.82) is 0 Å². The zero-order valence-electron chi connectivity index (χ0n) is 11.0. The van der Waals surface area contributed by atoms with Crippen LogP contribution in [0.25, 0.3) is 11.0 Å². The summed E-state index contributed by atoms with van der Waals surface area (Å²) in [6, 6.07) is 3.93. The molecule has 96 valence electrons. The van der Waals surface area contributed by atoms with Crippen LogP contribution in [0.15, 0.2) is 12.1 Å². The van der Waals surface area contributed by atoms with Crippen molar-refractivity contribution >= 4 is 11.0 Å². The molecule has 1 N–H and O–H groups in total. The van der Waals surface area contributed by atoms with Gasteiger partial charge in [-0.3, -0.25) is 0 Å². The molecule has 1 aliphatic heterocycles. The Hall–Kier alpha value is -1.71. The summed E-state index contributed by atoms with van der Waals surface area (Å²) in [5.74, 6) is 2.61. The van der Waals surface area contributed by atoms with Crippen molar-refractivity contribution in [1.82, 2.24) is 9.97 Å². The number of hydrogen-bond acceptors (Lipinski definition) is 3. The van der Waals surface area contributed by atoms with Gasteiger partial charge in [-0.2, -0.15) is 0 Å². The number of nitrogens with one attached hydrogen (secondary N) is 1. The Morgan fingerprint density at radius 2 is 1.89 bits per heavy atom. The van der Waals surface area contributed by atoms with E-state index < -0.39 is 0 Å². The maximum Gasteiger partial charge on any atom is 0.163 e. The standard InChI is InChI=1S/C14H18N2O2/c1-4-14(2,3)13-15-9-7-11-12(8-10(9)16-13)18-6-5-17-11/h7-8H,4-6H2,1-3H3,(H,15,16). The second-order valence-corrected chi connectivity index (χ2v) is 5.34. The monoisotopic (exact) mass is 246 g/mol. The van der Waals surface area contributed by atoms with E-state index in [1.54, 1.807) is 0 Å². The van der Waals surface area contributed by atoms with Crippen LogP contribution >= 0.6 is 0 Å². The topological polar surface area (TPSA) is 47.1 Å². The first-order valence-corrected chi connectivity index (χ1v) is 6.40. The molecule has 0 unspecified atom stereocenters. The van der Waals surface area contributed by atoms with Gasteiger partial charge in [-0.05, 0) is 6.42 Å². The van der Waals surface area contributed by atoms with E-state index in [0.29, 0.717) is 13.2 Å². The van der Waals surface area contributed by atoms with E-state index in [2.05, 4.69) is 30.7 Å². The molecule has 1 aromatic heterocycles. The van der Waals surface area contributed by atoms with Crippen LogP contribution in [-0.2, 0) is 5.41 Å². The summed E-state index contributed by atoms with van der Waals surface area (Å²) < 4.78 is 11.2. The lowest BCUT2D eigenvalue weighted by molar-refractivity contribution is 0.172. The first-order chi connectivity index (χ1) is 8.60. The number of benzene rings is 1. The SMILES string of the molecule is CCC(C)(C)c1nc2cc3c(cc2[nH]1)OCCO3. The molecular formula is C14H18N2O2. The van der Waals surface area contributed by atoms with E-state index in [4.69, 9.17) is 9.47 Å². The van der Waals surface area contributed by atoms with Crippen molar-refractivity contribution in [3.63, 3.8) is 0 Å². The summed E-state index contributed by atoms with van der Waals surface area (Å²) in [6.07, 6.45) is 1.04. The number of ether oxygens (including phenoxy) is 2. The van der Waals surface area contributed by atoms with Crippen molar-refractivity contribution in [2.45, 2.75) is 32.6 Å². The second kappa shape index (κ2) is 3.90. The number of hydrogen-bond donors (Lipinski definition) is 1. The molecule has 4 nitrogen and oxygen atoms in total. The zero-order chi connectivity index (χ0) is 12.8. The molecule has 0 spiro atoms. The van der Waals surface area contributed by atoms with E-state index in [-0.39, 0.29) is 5.41 Å². The predicted molar refractivity (Wildman–Crippen MR) is 70.4 cm³/mol. The van der Waals surface area contributed by atoms with Gasteiger partial charge in [0.1, 0.15) is 19.0 Å². The van der Waals surface area contributed by atoms with Gasteiger partial charge in [-0.25, -0.2) is 4.98 Å². The summed E-state index contributed by atoms with van der Waals surface area (Å²) in [4.78, 5) is 8.06. The highest BCUT2D eigenvalue weighted by Gasteiger charge is 2.23. The highest BCUT2D eigenvalue weighted by Crippen LogP contribution is 2.35. The van der Waals surface area contributed by atoms with Crippen LogP contribution in [0.5, 0.6) is 11.5 Å². The summed E-state index contributed by atoms with van der Waals surface area (Å²) in [7, 11) is 0. The molecule has 0 radical (unpaired) electrons. The van der Waals surface area contributed by atoms with Crippen LogP contribution in [0.4, 0.5) is 0 Å². The van der Waals surface area contributed by atoms with Gasteiger partial charge < -0.3 is 14.5 Å². The molecule has 0 saturated heterocycles. The predicted octanol–water partition coefficient (Wildman–Crippen LogP) is 3.02. The average molecular weight is 246 g/mol. The third-order valence-corrected chi connectivity index (χ3v) is 3.67. The largest absolute Gasteiger partial charge is 0.486 e. The number of H-pyrrole nitrogens is 1. The molecule has 0 amide bonds. The van der Waals surface area contributed by atoms with E-state index in [0.717, 1.165) is 34.8 Å². The minimum absolute atomic E-state index is 0.0568. The molecule has 1 aromatic carbocycles. The van der Waals surface area contributed by atoms with Crippen LogP contribution in [0.1, 0.15) is 33.0 Å². The number of imidazole rings is 1. The van der Waals surface area contributed by atoms with E-state index >= 15 is 0 Å².